The number of nitrogens with zero attached hydrogens (tertiary/aromatic N) is 4. The molecule has 3 aromatic rings. The van der Waals surface area contributed by atoms with Gasteiger partial charge in [-0.15, -0.1) is 12.3 Å². The Bertz CT molecular complexity index is 1010. The van der Waals surface area contributed by atoms with E-state index in [0.717, 1.165) is 5.56 Å². The van der Waals surface area contributed by atoms with Crippen LogP contribution in [0.5, 0.6) is 11.5 Å². The van der Waals surface area contributed by atoms with E-state index < -0.39 is 6.08 Å². The number of methoxy groups -OCH3 is 2. The number of anilines is 1. The highest BCUT2D eigenvalue weighted by atomic mass is 19.1. The van der Waals surface area contributed by atoms with Gasteiger partial charge in [0.05, 0.1) is 14.2 Å². The Morgan fingerprint density at radius 1 is 1.22 bits per heavy atom. The molecule has 0 unspecified atom stereocenters. The van der Waals surface area contributed by atoms with Gasteiger partial charge in [-0.25, -0.2) is 4.98 Å². The van der Waals surface area contributed by atoms with Crippen LogP contribution >= 0.6 is 0 Å². The van der Waals surface area contributed by atoms with Gasteiger partial charge in [-0.3, -0.25) is 0 Å². The fourth-order valence-corrected chi connectivity index (χ4v) is 2.94. The molecule has 3 rings (SSSR count). The van der Waals surface area contributed by atoms with Gasteiger partial charge in [-0.1, -0.05) is 0 Å². The molecular formula is C19H20FN5O2. The van der Waals surface area contributed by atoms with Crippen molar-refractivity contribution >= 4 is 17.0 Å². The molecule has 0 radical (unpaired) electrons. The summed E-state index contributed by atoms with van der Waals surface area (Å²) in [7, 11) is 3.19. The van der Waals surface area contributed by atoms with Crippen molar-refractivity contribution in [3.63, 3.8) is 0 Å². The molecule has 140 valence electrons. The number of halogens is 1. The highest BCUT2D eigenvalue weighted by Gasteiger charge is 2.18. The SMILES string of the molecule is C#CCCCn1c(Cc2cc(OC)ccc2OC)nc2c(N)nc(F)nc21. The first kappa shape index (κ1) is 18.5. The number of nitrogen functional groups attached to an aromatic ring is 1. The lowest BCUT2D eigenvalue weighted by Crippen LogP contribution is -2.07. The maximum absolute atomic E-state index is 13.7. The monoisotopic (exact) mass is 369 g/mol. The van der Waals surface area contributed by atoms with Crippen LogP contribution in [0.1, 0.15) is 24.2 Å². The molecular weight excluding hydrogens is 349 g/mol. The van der Waals surface area contributed by atoms with Crippen LogP contribution in [0, 0.1) is 18.4 Å². The Morgan fingerprint density at radius 3 is 2.74 bits per heavy atom. The van der Waals surface area contributed by atoms with Crippen LogP contribution in [-0.4, -0.2) is 33.7 Å². The molecule has 0 spiro atoms. The van der Waals surface area contributed by atoms with Crippen LogP contribution < -0.4 is 15.2 Å². The molecule has 0 amide bonds. The molecule has 0 aliphatic carbocycles. The number of imidazole rings is 1. The number of benzene rings is 1. The van der Waals surface area contributed by atoms with Gasteiger partial charge in [0.1, 0.15) is 17.3 Å². The number of rotatable bonds is 7. The number of terminal acetylenes is 1. The van der Waals surface area contributed by atoms with E-state index in [1.807, 2.05) is 22.8 Å². The Labute approximate surface area is 156 Å². The Hall–Kier alpha value is -3.34. The summed E-state index contributed by atoms with van der Waals surface area (Å²) in [4.78, 5) is 12.0. The van der Waals surface area contributed by atoms with Crippen molar-refractivity contribution in [2.45, 2.75) is 25.8 Å². The van der Waals surface area contributed by atoms with E-state index in [2.05, 4.69) is 20.9 Å². The van der Waals surface area contributed by atoms with Gasteiger partial charge >= 0.3 is 6.08 Å². The normalized spacial score (nSPS) is 10.7. The molecule has 2 aromatic heterocycles. The molecule has 0 saturated heterocycles. The summed E-state index contributed by atoms with van der Waals surface area (Å²) in [5.41, 5.74) is 7.44. The van der Waals surface area contributed by atoms with Crippen LogP contribution in [0.15, 0.2) is 18.2 Å². The number of hydrogen-bond donors (Lipinski definition) is 1. The first-order chi connectivity index (χ1) is 13.1. The van der Waals surface area contributed by atoms with Gasteiger partial charge in [0.15, 0.2) is 17.0 Å². The van der Waals surface area contributed by atoms with Crippen LogP contribution in [0.3, 0.4) is 0 Å². The first-order valence-electron chi connectivity index (χ1n) is 8.39. The molecule has 0 aliphatic heterocycles. The predicted molar refractivity (Wildman–Crippen MR) is 100 cm³/mol. The van der Waals surface area contributed by atoms with Gasteiger partial charge in [0.25, 0.3) is 0 Å². The molecule has 0 bridgehead atoms. The standard InChI is InChI=1S/C19H20FN5O2/c1-4-5-6-9-25-15(22-16-17(21)23-19(20)24-18(16)25)11-12-10-13(26-2)7-8-14(12)27-3/h1,7-8,10H,5-6,9,11H2,2-3H3,(H2,21,23,24). The summed E-state index contributed by atoms with van der Waals surface area (Å²) in [6.07, 6.45) is 6.18. The minimum absolute atomic E-state index is 0.00653. The van der Waals surface area contributed by atoms with E-state index >= 15 is 0 Å². The van der Waals surface area contributed by atoms with E-state index in [0.29, 0.717) is 54.3 Å². The molecule has 27 heavy (non-hydrogen) atoms. The molecule has 0 atom stereocenters. The summed E-state index contributed by atoms with van der Waals surface area (Å²) in [5.74, 6) is 4.67. The molecule has 2 heterocycles. The average Bonchev–Trinajstić information content (AvgIpc) is 2.99. The van der Waals surface area contributed by atoms with E-state index in [1.165, 1.54) is 0 Å². The van der Waals surface area contributed by atoms with Crippen LogP contribution in [0.2, 0.25) is 0 Å². The summed E-state index contributed by atoms with van der Waals surface area (Å²) < 4.78 is 26.3. The zero-order valence-corrected chi connectivity index (χ0v) is 15.2. The molecule has 0 saturated carbocycles. The van der Waals surface area contributed by atoms with E-state index in [-0.39, 0.29) is 5.82 Å². The number of unbranched alkanes of at least 4 members (excludes halogenated alkanes) is 1. The van der Waals surface area contributed by atoms with E-state index in [4.69, 9.17) is 21.6 Å². The average molecular weight is 369 g/mol. The van der Waals surface area contributed by atoms with Crippen molar-refractivity contribution in [2.75, 3.05) is 20.0 Å². The number of aryl methyl sites for hydroxylation is 1. The van der Waals surface area contributed by atoms with Crippen molar-refractivity contribution in [3.8, 4) is 23.8 Å². The fourth-order valence-electron chi connectivity index (χ4n) is 2.94. The zero-order chi connectivity index (χ0) is 19.4. The second-order valence-electron chi connectivity index (χ2n) is 5.89. The minimum Gasteiger partial charge on any atom is -0.497 e. The van der Waals surface area contributed by atoms with Gasteiger partial charge in [0, 0.05) is 24.9 Å². The first-order valence-corrected chi connectivity index (χ1v) is 8.39. The Morgan fingerprint density at radius 2 is 2.04 bits per heavy atom. The Balaban J connectivity index is 2.09. The third-order valence-electron chi connectivity index (χ3n) is 4.21. The number of nitrogens with two attached hydrogens (primary N) is 1. The number of hydrogen-bond acceptors (Lipinski definition) is 6. The van der Waals surface area contributed by atoms with Crippen LogP contribution in [0.25, 0.3) is 11.2 Å². The lowest BCUT2D eigenvalue weighted by atomic mass is 10.1. The predicted octanol–water partition coefficient (Wildman–Crippen LogP) is 2.57. The molecule has 0 aliphatic rings. The molecule has 0 fully saturated rings. The van der Waals surface area contributed by atoms with Gasteiger partial charge in [0.2, 0.25) is 0 Å². The quantitative estimate of drug-likeness (QED) is 0.391. The second-order valence-corrected chi connectivity index (χ2v) is 5.89. The summed E-state index contributed by atoms with van der Waals surface area (Å²) in [5, 5.41) is 0. The zero-order valence-electron chi connectivity index (χ0n) is 15.2. The van der Waals surface area contributed by atoms with E-state index in [9.17, 15) is 4.39 Å². The van der Waals surface area contributed by atoms with Crippen molar-refractivity contribution in [1.29, 1.82) is 0 Å². The highest BCUT2D eigenvalue weighted by Crippen LogP contribution is 2.28. The summed E-state index contributed by atoms with van der Waals surface area (Å²) in [6, 6.07) is 5.52. The summed E-state index contributed by atoms with van der Waals surface area (Å²) in [6.45, 7) is 0.540. The van der Waals surface area contributed by atoms with Crippen LogP contribution in [-0.2, 0) is 13.0 Å². The van der Waals surface area contributed by atoms with Crippen molar-refractivity contribution in [3.05, 3.63) is 35.7 Å². The lowest BCUT2D eigenvalue weighted by molar-refractivity contribution is 0.399. The third kappa shape index (κ3) is 3.77. The van der Waals surface area contributed by atoms with Crippen molar-refractivity contribution < 1.29 is 13.9 Å². The molecule has 7 nitrogen and oxygen atoms in total. The van der Waals surface area contributed by atoms with Gasteiger partial charge < -0.3 is 19.8 Å². The third-order valence-corrected chi connectivity index (χ3v) is 4.21. The smallest absolute Gasteiger partial charge is 0.312 e. The van der Waals surface area contributed by atoms with Gasteiger partial charge in [-0.2, -0.15) is 14.4 Å². The van der Waals surface area contributed by atoms with Crippen molar-refractivity contribution in [2.24, 2.45) is 0 Å². The molecule has 8 heteroatoms. The summed E-state index contributed by atoms with van der Waals surface area (Å²) >= 11 is 0. The topological polar surface area (TPSA) is 88.1 Å². The molecule has 2 N–H and O–H groups in total. The minimum atomic E-state index is -0.886. The maximum atomic E-state index is 13.7. The second kappa shape index (κ2) is 7.91. The Kier molecular flexibility index (Phi) is 5.41. The number of aromatic nitrogens is 4. The maximum Gasteiger partial charge on any atom is 0.312 e. The molecule has 1 aromatic carbocycles. The number of fused-ring (bicyclic) bond motifs is 1. The highest BCUT2D eigenvalue weighted by molar-refractivity contribution is 5.82. The largest absolute Gasteiger partial charge is 0.497 e. The lowest BCUT2D eigenvalue weighted by Gasteiger charge is -2.12. The van der Waals surface area contributed by atoms with E-state index in [1.54, 1.807) is 14.2 Å². The van der Waals surface area contributed by atoms with Crippen molar-refractivity contribution in [1.82, 2.24) is 19.5 Å². The van der Waals surface area contributed by atoms with Gasteiger partial charge in [-0.05, 0) is 24.6 Å². The fraction of sp³-hybridized carbons (Fsp3) is 0.316. The van der Waals surface area contributed by atoms with Crippen LogP contribution in [0.4, 0.5) is 10.2 Å². The number of ether oxygens (including phenoxy) is 2.